The van der Waals surface area contributed by atoms with E-state index in [4.69, 9.17) is 32.7 Å². The standard InChI is InChI=1S/C19H23Cl2N5O4/c1-4-11-16(21)25-17(22-11)18(27)23-12-5-6-26(9-13(12)29-2)15-8-10(19(28)30-3)7-14(20)24-15/h7-8,12-13H,4-6,9H2,1-3H3,(H,22,25)(H,23,27)/t12-,13+/m0/s1. The third-order valence-corrected chi connectivity index (χ3v) is 5.51. The molecule has 9 nitrogen and oxygen atoms in total. The molecule has 2 N–H and O–H groups in total. The summed E-state index contributed by atoms with van der Waals surface area (Å²) in [5.74, 6) is -0.117. The van der Waals surface area contributed by atoms with Gasteiger partial charge in [-0.25, -0.2) is 14.8 Å². The number of nitrogens with zero attached hydrogens (tertiary/aromatic N) is 3. The molecule has 0 saturated carbocycles. The van der Waals surface area contributed by atoms with Gasteiger partial charge < -0.3 is 24.7 Å². The Morgan fingerprint density at radius 1 is 1.30 bits per heavy atom. The summed E-state index contributed by atoms with van der Waals surface area (Å²) in [6.45, 7) is 2.96. The lowest BCUT2D eigenvalue weighted by Crippen LogP contribution is -2.55. The predicted octanol–water partition coefficient (Wildman–Crippen LogP) is 2.48. The van der Waals surface area contributed by atoms with Crippen LogP contribution in [0.1, 0.15) is 40.0 Å². The largest absolute Gasteiger partial charge is 0.465 e. The number of aryl methyl sites for hydroxylation is 1. The van der Waals surface area contributed by atoms with E-state index in [2.05, 4.69) is 20.3 Å². The number of aromatic amines is 1. The number of hydrogen-bond donors (Lipinski definition) is 2. The molecule has 0 aliphatic carbocycles. The van der Waals surface area contributed by atoms with Gasteiger partial charge in [-0.2, -0.15) is 0 Å². The molecule has 0 unspecified atom stereocenters. The van der Waals surface area contributed by atoms with Crippen LogP contribution in [0.5, 0.6) is 0 Å². The van der Waals surface area contributed by atoms with Gasteiger partial charge in [0.2, 0.25) is 0 Å². The van der Waals surface area contributed by atoms with Crippen LogP contribution in [0.3, 0.4) is 0 Å². The van der Waals surface area contributed by atoms with E-state index in [1.165, 1.54) is 13.2 Å². The van der Waals surface area contributed by atoms with Crippen LogP contribution in [0.2, 0.25) is 10.3 Å². The van der Waals surface area contributed by atoms with E-state index >= 15 is 0 Å². The van der Waals surface area contributed by atoms with Crippen molar-refractivity contribution in [3.63, 3.8) is 0 Å². The summed E-state index contributed by atoms with van der Waals surface area (Å²) >= 11 is 12.1. The number of anilines is 1. The van der Waals surface area contributed by atoms with Crippen molar-refractivity contribution in [2.75, 3.05) is 32.2 Å². The molecular weight excluding hydrogens is 433 g/mol. The molecule has 2 atom stereocenters. The van der Waals surface area contributed by atoms with Crippen molar-refractivity contribution in [1.82, 2.24) is 20.3 Å². The lowest BCUT2D eigenvalue weighted by molar-refractivity contribution is 0.0536. The molecule has 1 aliphatic heterocycles. The molecule has 0 bridgehead atoms. The van der Waals surface area contributed by atoms with Crippen LogP contribution >= 0.6 is 23.2 Å². The van der Waals surface area contributed by atoms with Crippen molar-refractivity contribution in [3.05, 3.63) is 39.5 Å². The lowest BCUT2D eigenvalue weighted by atomic mass is 10.0. The molecule has 1 amide bonds. The minimum atomic E-state index is -0.491. The first kappa shape index (κ1) is 22.3. The molecule has 1 aliphatic rings. The summed E-state index contributed by atoms with van der Waals surface area (Å²) in [5, 5.41) is 3.45. The predicted molar refractivity (Wildman–Crippen MR) is 112 cm³/mol. The number of methoxy groups -OCH3 is 2. The van der Waals surface area contributed by atoms with Gasteiger partial charge in [0.1, 0.15) is 11.0 Å². The van der Waals surface area contributed by atoms with E-state index < -0.39 is 5.97 Å². The first-order chi connectivity index (χ1) is 14.4. The quantitative estimate of drug-likeness (QED) is 0.508. The van der Waals surface area contributed by atoms with Crippen LogP contribution in [0, 0.1) is 0 Å². The Kier molecular flexibility index (Phi) is 7.17. The maximum atomic E-state index is 12.6. The zero-order valence-corrected chi connectivity index (χ0v) is 18.4. The number of carbonyl (C=O) groups is 2. The van der Waals surface area contributed by atoms with E-state index in [1.54, 1.807) is 13.2 Å². The Labute approximate surface area is 184 Å². The number of rotatable bonds is 6. The van der Waals surface area contributed by atoms with Crippen molar-refractivity contribution in [1.29, 1.82) is 0 Å². The van der Waals surface area contributed by atoms with E-state index in [1.807, 2.05) is 11.8 Å². The number of carbonyl (C=O) groups excluding carboxylic acids is 2. The molecule has 1 saturated heterocycles. The van der Waals surface area contributed by atoms with Gasteiger partial charge in [-0.3, -0.25) is 4.79 Å². The number of nitrogens with one attached hydrogen (secondary N) is 2. The molecular formula is C19H23Cl2N5O4. The van der Waals surface area contributed by atoms with Gasteiger partial charge in [-0.05, 0) is 25.0 Å². The Balaban J connectivity index is 1.71. The summed E-state index contributed by atoms with van der Waals surface area (Å²) in [6.07, 6.45) is 0.945. The summed E-state index contributed by atoms with van der Waals surface area (Å²) in [6, 6.07) is 2.85. The molecule has 3 rings (SSSR count). The Morgan fingerprint density at radius 2 is 2.07 bits per heavy atom. The number of pyridine rings is 1. The topological polar surface area (TPSA) is 109 Å². The molecule has 2 aromatic rings. The first-order valence-corrected chi connectivity index (χ1v) is 10.2. The number of ether oxygens (including phenoxy) is 2. The molecule has 30 heavy (non-hydrogen) atoms. The molecule has 2 aromatic heterocycles. The molecule has 0 aromatic carbocycles. The monoisotopic (exact) mass is 455 g/mol. The average Bonchev–Trinajstić information content (AvgIpc) is 3.13. The number of hydrogen-bond acceptors (Lipinski definition) is 7. The number of aromatic nitrogens is 3. The second kappa shape index (κ2) is 9.63. The zero-order chi connectivity index (χ0) is 21.8. The summed E-state index contributed by atoms with van der Waals surface area (Å²) in [5.41, 5.74) is 1.03. The third-order valence-electron chi connectivity index (χ3n) is 5.00. The van der Waals surface area contributed by atoms with Crippen LogP contribution in [0.4, 0.5) is 5.82 Å². The van der Waals surface area contributed by atoms with Crippen LogP contribution in [-0.2, 0) is 15.9 Å². The number of imidazole rings is 1. The maximum Gasteiger partial charge on any atom is 0.338 e. The molecule has 11 heteroatoms. The van der Waals surface area contributed by atoms with E-state index in [9.17, 15) is 9.59 Å². The lowest BCUT2D eigenvalue weighted by Gasteiger charge is -2.38. The Morgan fingerprint density at radius 3 is 2.70 bits per heavy atom. The van der Waals surface area contributed by atoms with Gasteiger partial charge in [0.15, 0.2) is 11.0 Å². The van der Waals surface area contributed by atoms with Crippen molar-refractivity contribution in [3.8, 4) is 0 Å². The molecule has 1 fully saturated rings. The van der Waals surface area contributed by atoms with E-state index in [-0.39, 0.29) is 29.0 Å². The highest BCUT2D eigenvalue weighted by Gasteiger charge is 2.32. The highest BCUT2D eigenvalue weighted by Crippen LogP contribution is 2.24. The van der Waals surface area contributed by atoms with E-state index in [0.717, 1.165) is 0 Å². The van der Waals surface area contributed by atoms with Gasteiger partial charge >= 0.3 is 5.97 Å². The highest BCUT2D eigenvalue weighted by molar-refractivity contribution is 6.30. The zero-order valence-electron chi connectivity index (χ0n) is 16.9. The molecule has 3 heterocycles. The Bertz CT molecular complexity index is 936. The number of esters is 1. The van der Waals surface area contributed by atoms with Gasteiger partial charge in [-0.15, -0.1) is 0 Å². The summed E-state index contributed by atoms with van der Waals surface area (Å²) < 4.78 is 10.4. The van der Waals surface area contributed by atoms with Crippen molar-refractivity contribution in [2.45, 2.75) is 31.9 Å². The fourth-order valence-corrected chi connectivity index (χ4v) is 3.85. The van der Waals surface area contributed by atoms with Crippen LogP contribution < -0.4 is 10.2 Å². The van der Waals surface area contributed by atoms with Crippen molar-refractivity contribution < 1.29 is 19.1 Å². The fraction of sp³-hybridized carbons (Fsp3) is 0.474. The summed E-state index contributed by atoms with van der Waals surface area (Å²) in [4.78, 5) is 37.7. The summed E-state index contributed by atoms with van der Waals surface area (Å²) in [7, 11) is 2.89. The number of halogens is 2. The smallest absolute Gasteiger partial charge is 0.338 e. The first-order valence-electron chi connectivity index (χ1n) is 9.45. The third kappa shape index (κ3) is 4.85. The molecule has 0 spiro atoms. The van der Waals surface area contributed by atoms with Crippen molar-refractivity contribution in [2.24, 2.45) is 0 Å². The van der Waals surface area contributed by atoms with Gasteiger partial charge in [0.25, 0.3) is 5.91 Å². The second-order valence-corrected chi connectivity index (χ2v) is 7.57. The normalized spacial score (nSPS) is 18.9. The SMILES string of the molecule is CCc1[nH]c(C(=O)N[C@H]2CCN(c3cc(C(=O)OC)cc(Cl)n3)C[C@H]2OC)nc1Cl. The number of amides is 1. The van der Waals surface area contributed by atoms with Crippen LogP contribution in [0.15, 0.2) is 12.1 Å². The second-order valence-electron chi connectivity index (χ2n) is 6.83. The minimum absolute atomic E-state index is 0.174. The fourth-order valence-electron chi connectivity index (χ4n) is 3.38. The van der Waals surface area contributed by atoms with Gasteiger partial charge in [-0.1, -0.05) is 30.1 Å². The highest BCUT2D eigenvalue weighted by atomic mass is 35.5. The number of piperidine rings is 1. The van der Waals surface area contributed by atoms with Gasteiger partial charge in [0.05, 0.1) is 30.5 Å². The maximum absolute atomic E-state index is 12.6. The van der Waals surface area contributed by atoms with E-state index in [0.29, 0.717) is 48.2 Å². The average molecular weight is 456 g/mol. The molecule has 162 valence electrons. The number of H-pyrrole nitrogens is 1. The van der Waals surface area contributed by atoms with Gasteiger partial charge in [0, 0.05) is 20.2 Å². The minimum Gasteiger partial charge on any atom is -0.465 e. The molecule has 0 radical (unpaired) electrons. The van der Waals surface area contributed by atoms with Crippen LogP contribution in [0.25, 0.3) is 0 Å². The van der Waals surface area contributed by atoms with Crippen LogP contribution in [-0.4, -0.2) is 66.3 Å². The van der Waals surface area contributed by atoms with Crippen molar-refractivity contribution >= 4 is 40.9 Å². The Hall–Kier alpha value is -2.36.